The summed E-state index contributed by atoms with van der Waals surface area (Å²) in [6.45, 7) is -0.459. The molecule has 2 aromatic carbocycles. The number of benzene rings is 2. The molecular formula is C18H20BrN3O5S. The van der Waals surface area contributed by atoms with Crippen molar-refractivity contribution in [2.24, 2.45) is 5.10 Å². The molecule has 1 amide bonds. The van der Waals surface area contributed by atoms with Crippen molar-refractivity contribution in [3.8, 4) is 11.5 Å². The highest BCUT2D eigenvalue weighted by Gasteiger charge is 2.24. The topological polar surface area (TPSA) is 97.3 Å². The van der Waals surface area contributed by atoms with Gasteiger partial charge in [0, 0.05) is 10.5 Å². The van der Waals surface area contributed by atoms with Crippen molar-refractivity contribution in [2.75, 3.05) is 31.3 Å². The Balaban J connectivity index is 2.16. The van der Waals surface area contributed by atoms with Gasteiger partial charge in [-0.15, -0.1) is 0 Å². The van der Waals surface area contributed by atoms with Crippen LogP contribution < -0.4 is 19.2 Å². The van der Waals surface area contributed by atoms with E-state index < -0.39 is 22.5 Å². The Bertz CT molecular complexity index is 962. The average molecular weight is 470 g/mol. The van der Waals surface area contributed by atoms with Gasteiger partial charge in [-0.25, -0.2) is 13.8 Å². The Hall–Kier alpha value is -2.59. The Morgan fingerprint density at radius 1 is 1.18 bits per heavy atom. The van der Waals surface area contributed by atoms with Crippen LogP contribution in [0.25, 0.3) is 0 Å². The Morgan fingerprint density at radius 2 is 1.86 bits per heavy atom. The maximum Gasteiger partial charge on any atom is 0.260 e. The number of sulfonamides is 1. The van der Waals surface area contributed by atoms with Gasteiger partial charge in [0.1, 0.15) is 18.0 Å². The number of methoxy groups -OCH3 is 2. The number of halogens is 1. The monoisotopic (exact) mass is 469 g/mol. The molecule has 0 unspecified atom stereocenters. The summed E-state index contributed by atoms with van der Waals surface area (Å²) in [5.41, 5.74) is 3.32. The van der Waals surface area contributed by atoms with Crippen LogP contribution in [0.3, 0.4) is 0 Å². The summed E-state index contributed by atoms with van der Waals surface area (Å²) in [5, 5.41) is 3.86. The number of hydrogen-bond acceptors (Lipinski definition) is 6. The van der Waals surface area contributed by atoms with Gasteiger partial charge >= 0.3 is 0 Å². The molecular weight excluding hydrogens is 450 g/mol. The molecule has 0 radical (unpaired) electrons. The predicted molar refractivity (Wildman–Crippen MR) is 112 cm³/mol. The molecule has 0 saturated carbocycles. The maximum atomic E-state index is 12.2. The first-order valence-electron chi connectivity index (χ1n) is 8.02. The minimum absolute atomic E-state index is 0.220. The molecule has 0 heterocycles. The first kappa shape index (κ1) is 21.7. The van der Waals surface area contributed by atoms with Crippen molar-refractivity contribution in [2.45, 2.75) is 0 Å². The molecule has 8 nitrogen and oxygen atoms in total. The lowest BCUT2D eigenvalue weighted by Crippen LogP contribution is -2.39. The van der Waals surface area contributed by atoms with Crippen LogP contribution in [0.4, 0.5) is 5.69 Å². The molecule has 28 heavy (non-hydrogen) atoms. The lowest BCUT2D eigenvalue weighted by Gasteiger charge is -2.23. The van der Waals surface area contributed by atoms with Crippen LogP contribution >= 0.6 is 15.9 Å². The molecule has 0 aliphatic heterocycles. The lowest BCUT2D eigenvalue weighted by molar-refractivity contribution is -0.119. The highest BCUT2D eigenvalue weighted by molar-refractivity contribution is 9.10. The van der Waals surface area contributed by atoms with E-state index in [0.717, 1.165) is 20.6 Å². The second-order valence-electron chi connectivity index (χ2n) is 5.65. The Morgan fingerprint density at radius 3 is 2.43 bits per heavy atom. The van der Waals surface area contributed by atoms with E-state index in [1.807, 2.05) is 24.3 Å². The van der Waals surface area contributed by atoms with Crippen LogP contribution in [0.5, 0.6) is 11.5 Å². The van der Waals surface area contributed by atoms with E-state index >= 15 is 0 Å². The number of carbonyl (C=O) groups excluding carboxylic acids is 1. The predicted octanol–water partition coefficient (Wildman–Crippen LogP) is 2.38. The van der Waals surface area contributed by atoms with E-state index in [0.29, 0.717) is 5.75 Å². The zero-order valence-electron chi connectivity index (χ0n) is 15.5. The average Bonchev–Trinajstić information content (AvgIpc) is 2.66. The summed E-state index contributed by atoms with van der Waals surface area (Å²) in [7, 11) is -0.863. The number of hydrogen-bond donors (Lipinski definition) is 1. The van der Waals surface area contributed by atoms with E-state index in [1.165, 1.54) is 32.6 Å². The van der Waals surface area contributed by atoms with Crippen molar-refractivity contribution < 1.29 is 22.7 Å². The van der Waals surface area contributed by atoms with Gasteiger partial charge in [-0.05, 0) is 29.8 Å². The molecule has 0 fully saturated rings. The van der Waals surface area contributed by atoms with E-state index in [1.54, 1.807) is 6.07 Å². The van der Waals surface area contributed by atoms with Crippen LogP contribution in [0, 0.1) is 0 Å². The van der Waals surface area contributed by atoms with Gasteiger partial charge in [0.2, 0.25) is 10.0 Å². The van der Waals surface area contributed by atoms with E-state index in [2.05, 4.69) is 26.5 Å². The van der Waals surface area contributed by atoms with Gasteiger partial charge in [0.15, 0.2) is 0 Å². The van der Waals surface area contributed by atoms with Crippen molar-refractivity contribution >= 4 is 43.8 Å². The molecule has 10 heteroatoms. The Kier molecular flexibility index (Phi) is 7.41. The zero-order chi connectivity index (χ0) is 20.7. The largest absolute Gasteiger partial charge is 0.497 e. The number of carbonyl (C=O) groups is 1. The molecule has 1 N–H and O–H groups in total. The molecule has 0 aliphatic rings. The second-order valence-corrected chi connectivity index (χ2v) is 8.47. The summed E-state index contributed by atoms with van der Waals surface area (Å²) in [6.07, 6.45) is 2.47. The summed E-state index contributed by atoms with van der Waals surface area (Å²) in [4.78, 5) is 12.2. The van der Waals surface area contributed by atoms with E-state index in [-0.39, 0.29) is 11.4 Å². The fourth-order valence-electron chi connectivity index (χ4n) is 2.27. The SMILES string of the molecule is COc1ccc(N(CC(=O)N/N=C\c2ccc(Br)cc2)S(C)(=O)=O)c(OC)c1. The number of nitrogens with zero attached hydrogens (tertiary/aromatic N) is 2. The van der Waals surface area contributed by atoms with Gasteiger partial charge in [0.05, 0.1) is 32.4 Å². The Labute approximate surface area is 172 Å². The molecule has 0 aliphatic carbocycles. The lowest BCUT2D eigenvalue weighted by atomic mass is 10.2. The fraction of sp³-hybridized carbons (Fsp3) is 0.222. The zero-order valence-corrected chi connectivity index (χ0v) is 18.0. The minimum atomic E-state index is -3.75. The number of nitrogens with one attached hydrogen (secondary N) is 1. The van der Waals surface area contributed by atoms with E-state index in [9.17, 15) is 13.2 Å². The first-order chi connectivity index (χ1) is 13.2. The van der Waals surface area contributed by atoms with Crippen LogP contribution in [-0.2, 0) is 14.8 Å². The summed E-state index contributed by atoms with van der Waals surface area (Å²) < 4.78 is 36.7. The second kappa shape index (κ2) is 9.56. The third-order valence-corrected chi connectivity index (χ3v) is 5.27. The van der Waals surface area contributed by atoms with Crippen molar-refractivity contribution in [3.05, 3.63) is 52.5 Å². The fourth-order valence-corrected chi connectivity index (χ4v) is 3.39. The molecule has 0 atom stereocenters. The number of hydrazone groups is 1. The normalized spacial score (nSPS) is 11.3. The molecule has 150 valence electrons. The van der Waals surface area contributed by atoms with Gasteiger partial charge in [0.25, 0.3) is 5.91 Å². The van der Waals surface area contributed by atoms with Crippen molar-refractivity contribution in [1.29, 1.82) is 0 Å². The molecule has 2 aromatic rings. The van der Waals surface area contributed by atoms with Crippen molar-refractivity contribution in [1.82, 2.24) is 5.43 Å². The minimum Gasteiger partial charge on any atom is -0.497 e. The van der Waals surface area contributed by atoms with Crippen LogP contribution in [0.15, 0.2) is 52.0 Å². The van der Waals surface area contributed by atoms with Gasteiger partial charge in [-0.3, -0.25) is 9.10 Å². The highest BCUT2D eigenvalue weighted by Crippen LogP contribution is 2.33. The third-order valence-electron chi connectivity index (χ3n) is 3.62. The molecule has 0 aromatic heterocycles. The number of rotatable bonds is 8. The van der Waals surface area contributed by atoms with Gasteiger partial charge in [-0.2, -0.15) is 5.10 Å². The summed E-state index contributed by atoms with van der Waals surface area (Å²) >= 11 is 3.33. The smallest absolute Gasteiger partial charge is 0.260 e. The summed E-state index contributed by atoms with van der Waals surface area (Å²) in [6, 6.07) is 11.9. The summed E-state index contributed by atoms with van der Waals surface area (Å²) in [5.74, 6) is 0.158. The number of amides is 1. The number of ether oxygens (including phenoxy) is 2. The first-order valence-corrected chi connectivity index (χ1v) is 10.7. The van der Waals surface area contributed by atoms with Crippen LogP contribution in [-0.4, -0.2) is 47.6 Å². The van der Waals surface area contributed by atoms with Crippen molar-refractivity contribution in [3.63, 3.8) is 0 Å². The quantitative estimate of drug-likeness (QED) is 0.472. The molecule has 0 spiro atoms. The van der Waals surface area contributed by atoms with Gasteiger partial charge in [-0.1, -0.05) is 28.1 Å². The van der Waals surface area contributed by atoms with Crippen LogP contribution in [0.2, 0.25) is 0 Å². The number of anilines is 1. The molecule has 0 saturated heterocycles. The third kappa shape index (κ3) is 5.96. The van der Waals surface area contributed by atoms with E-state index in [4.69, 9.17) is 9.47 Å². The highest BCUT2D eigenvalue weighted by atomic mass is 79.9. The standard InChI is InChI=1S/C18H20BrN3O5S/c1-26-15-8-9-16(17(10-15)27-2)22(28(3,24)25)12-18(23)21-20-11-13-4-6-14(19)7-5-13/h4-11H,12H2,1-3H3,(H,21,23)/b20-11-. The van der Waals surface area contributed by atoms with Crippen LogP contribution in [0.1, 0.15) is 5.56 Å². The maximum absolute atomic E-state index is 12.2. The molecule has 0 bridgehead atoms. The van der Waals surface area contributed by atoms with Gasteiger partial charge < -0.3 is 9.47 Å². The molecule has 2 rings (SSSR count).